The first-order valence-corrected chi connectivity index (χ1v) is 10.7. The maximum Gasteiger partial charge on any atom is 0.237 e. The molecular formula is C24H22N6O2. The quantitative estimate of drug-likeness (QED) is 0.685. The molecule has 32 heavy (non-hydrogen) atoms. The van der Waals surface area contributed by atoms with Crippen molar-refractivity contribution in [3.05, 3.63) is 78.4 Å². The van der Waals surface area contributed by atoms with Crippen molar-refractivity contribution < 1.29 is 9.59 Å². The number of rotatable bonds is 3. The molecule has 160 valence electrons. The Labute approximate surface area is 185 Å². The first-order chi connectivity index (χ1) is 15.6. The zero-order valence-corrected chi connectivity index (χ0v) is 17.4. The summed E-state index contributed by atoms with van der Waals surface area (Å²) in [6.45, 7) is 2.16. The van der Waals surface area contributed by atoms with Crippen molar-refractivity contribution in [2.75, 3.05) is 36.4 Å². The van der Waals surface area contributed by atoms with E-state index in [9.17, 15) is 9.59 Å². The van der Waals surface area contributed by atoms with Crippen LogP contribution in [0.1, 0.15) is 11.1 Å². The van der Waals surface area contributed by atoms with Crippen LogP contribution in [0, 0.1) is 5.41 Å². The minimum absolute atomic E-state index is 0.00325. The fourth-order valence-corrected chi connectivity index (χ4v) is 5.62. The van der Waals surface area contributed by atoms with Crippen molar-refractivity contribution >= 4 is 23.5 Å². The molecule has 2 saturated heterocycles. The van der Waals surface area contributed by atoms with Crippen LogP contribution in [0.5, 0.6) is 0 Å². The summed E-state index contributed by atoms with van der Waals surface area (Å²) in [4.78, 5) is 43.4. The average molecular weight is 426 g/mol. The van der Waals surface area contributed by atoms with Crippen molar-refractivity contribution in [3.63, 3.8) is 0 Å². The second-order valence-electron chi connectivity index (χ2n) is 8.88. The minimum Gasteiger partial charge on any atom is -0.341 e. The lowest BCUT2D eigenvalue weighted by Crippen LogP contribution is -2.68. The normalized spacial score (nSPS) is 22.7. The molecule has 0 bridgehead atoms. The SMILES string of the molecule is O=C(Cc1cccnc1)N1CC2(C1)CN(c1ncccn1)C[C@@]21C(=O)Nc2ccccc21. The van der Waals surface area contributed by atoms with Crippen LogP contribution in [0.2, 0.25) is 0 Å². The van der Waals surface area contributed by atoms with Gasteiger partial charge in [-0.05, 0) is 29.3 Å². The van der Waals surface area contributed by atoms with Crippen molar-refractivity contribution in [1.29, 1.82) is 0 Å². The highest BCUT2D eigenvalue weighted by molar-refractivity contribution is 6.08. The third kappa shape index (κ3) is 2.58. The van der Waals surface area contributed by atoms with Crippen molar-refractivity contribution in [2.45, 2.75) is 11.8 Å². The zero-order chi connectivity index (χ0) is 21.8. The number of aromatic nitrogens is 3. The number of para-hydroxylation sites is 1. The molecule has 8 heteroatoms. The Morgan fingerprint density at radius 1 is 0.969 bits per heavy atom. The van der Waals surface area contributed by atoms with E-state index < -0.39 is 10.8 Å². The smallest absolute Gasteiger partial charge is 0.237 e. The molecule has 2 amide bonds. The number of hydrogen-bond donors (Lipinski definition) is 1. The summed E-state index contributed by atoms with van der Waals surface area (Å²) in [5.41, 5.74) is 1.61. The zero-order valence-electron chi connectivity index (χ0n) is 17.4. The van der Waals surface area contributed by atoms with Crippen LogP contribution >= 0.6 is 0 Å². The van der Waals surface area contributed by atoms with Gasteiger partial charge >= 0.3 is 0 Å². The van der Waals surface area contributed by atoms with Gasteiger partial charge in [0.25, 0.3) is 0 Å². The molecule has 1 N–H and O–H groups in total. The van der Waals surface area contributed by atoms with E-state index in [2.05, 4.69) is 25.2 Å². The number of likely N-dealkylation sites (tertiary alicyclic amines) is 1. The molecule has 2 spiro atoms. The molecule has 0 radical (unpaired) electrons. The third-order valence-corrected chi connectivity index (χ3v) is 7.10. The van der Waals surface area contributed by atoms with Gasteiger partial charge in [-0.25, -0.2) is 9.97 Å². The number of benzene rings is 1. The van der Waals surface area contributed by atoms with E-state index in [1.54, 1.807) is 30.9 Å². The van der Waals surface area contributed by atoms with Crippen LogP contribution < -0.4 is 10.2 Å². The van der Waals surface area contributed by atoms with Gasteiger partial charge in [-0.15, -0.1) is 0 Å². The molecule has 0 unspecified atom stereocenters. The topological polar surface area (TPSA) is 91.3 Å². The Balaban J connectivity index is 1.34. The second kappa shape index (κ2) is 6.85. The first-order valence-electron chi connectivity index (χ1n) is 10.7. The number of anilines is 2. The van der Waals surface area contributed by atoms with Crippen molar-refractivity contribution in [2.24, 2.45) is 5.41 Å². The van der Waals surface area contributed by atoms with Gasteiger partial charge in [-0.2, -0.15) is 0 Å². The number of pyridine rings is 1. The van der Waals surface area contributed by atoms with E-state index in [0.29, 0.717) is 38.5 Å². The lowest BCUT2D eigenvalue weighted by Gasteiger charge is -2.54. The average Bonchev–Trinajstić information content (AvgIpc) is 3.31. The molecule has 3 aliphatic rings. The maximum absolute atomic E-state index is 13.5. The second-order valence-corrected chi connectivity index (χ2v) is 8.88. The first kappa shape index (κ1) is 18.9. The fraction of sp³-hybridized carbons (Fsp3) is 0.292. The van der Waals surface area contributed by atoms with E-state index >= 15 is 0 Å². The molecule has 3 aliphatic heterocycles. The number of fused-ring (bicyclic) bond motifs is 3. The molecule has 3 aromatic rings. The van der Waals surface area contributed by atoms with Gasteiger partial charge in [-0.1, -0.05) is 24.3 Å². The van der Waals surface area contributed by atoms with Crippen LogP contribution in [0.15, 0.2) is 67.3 Å². The number of amides is 2. The largest absolute Gasteiger partial charge is 0.341 e. The van der Waals surface area contributed by atoms with Crippen molar-refractivity contribution in [1.82, 2.24) is 19.9 Å². The highest BCUT2D eigenvalue weighted by Crippen LogP contribution is 2.58. The number of hydrogen-bond acceptors (Lipinski definition) is 6. The van der Waals surface area contributed by atoms with Crippen LogP contribution in [-0.4, -0.2) is 57.8 Å². The third-order valence-electron chi connectivity index (χ3n) is 7.10. The molecule has 6 rings (SSSR count). The number of carbonyl (C=O) groups is 2. The molecule has 2 fully saturated rings. The van der Waals surface area contributed by atoms with E-state index in [-0.39, 0.29) is 11.8 Å². The number of nitrogens with zero attached hydrogens (tertiary/aromatic N) is 5. The summed E-state index contributed by atoms with van der Waals surface area (Å²) in [6.07, 6.45) is 7.16. The van der Waals surface area contributed by atoms with Gasteiger partial charge in [0.2, 0.25) is 17.8 Å². The lowest BCUT2D eigenvalue weighted by atomic mass is 9.58. The van der Waals surface area contributed by atoms with Crippen LogP contribution in [0.25, 0.3) is 0 Å². The summed E-state index contributed by atoms with van der Waals surface area (Å²) < 4.78 is 0. The highest BCUT2D eigenvalue weighted by Gasteiger charge is 2.70. The summed E-state index contributed by atoms with van der Waals surface area (Å²) in [7, 11) is 0. The van der Waals surface area contributed by atoms with Crippen LogP contribution in [0.3, 0.4) is 0 Å². The van der Waals surface area contributed by atoms with Crippen molar-refractivity contribution in [3.8, 4) is 0 Å². The molecule has 5 heterocycles. The Kier molecular flexibility index (Phi) is 4.05. The summed E-state index contributed by atoms with van der Waals surface area (Å²) in [6, 6.07) is 13.4. The molecule has 1 atom stereocenters. The Hall–Kier alpha value is -3.81. The van der Waals surface area contributed by atoms with E-state index in [1.807, 2.05) is 41.3 Å². The van der Waals surface area contributed by atoms with Gasteiger partial charge < -0.3 is 15.1 Å². The molecule has 0 saturated carbocycles. The van der Waals surface area contributed by atoms with Gasteiger partial charge in [0.05, 0.1) is 6.42 Å². The Morgan fingerprint density at radius 3 is 2.56 bits per heavy atom. The Bertz CT molecular complexity index is 1200. The number of carbonyl (C=O) groups excluding carboxylic acids is 2. The predicted molar refractivity (Wildman–Crippen MR) is 118 cm³/mol. The monoisotopic (exact) mass is 426 g/mol. The van der Waals surface area contributed by atoms with Gasteiger partial charge in [-0.3, -0.25) is 14.6 Å². The molecule has 8 nitrogen and oxygen atoms in total. The van der Waals surface area contributed by atoms with Crippen LogP contribution in [0.4, 0.5) is 11.6 Å². The van der Waals surface area contributed by atoms with E-state index in [4.69, 9.17) is 0 Å². The number of nitrogens with one attached hydrogen (secondary N) is 1. The fourth-order valence-electron chi connectivity index (χ4n) is 5.62. The maximum atomic E-state index is 13.5. The Morgan fingerprint density at radius 2 is 1.78 bits per heavy atom. The molecule has 1 aromatic carbocycles. The molecule has 0 aliphatic carbocycles. The van der Waals surface area contributed by atoms with Gasteiger partial charge in [0.15, 0.2) is 0 Å². The van der Waals surface area contributed by atoms with Gasteiger partial charge in [0, 0.05) is 62.1 Å². The van der Waals surface area contributed by atoms with E-state index in [1.165, 1.54) is 0 Å². The predicted octanol–water partition coefficient (Wildman–Crippen LogP) is 1.65. The highest BCUT2D eigenvalue weighted by atomic mass is 16.2. The standard InChI is InChI=1S/C24H22N6O2/c31-20(11-17-5-3-8-25-12-17)29-13-23(14-29)15-30(22-26-9-4-10-27-22)16-24(23)18-6-1-2-7-19(18)28-21(24)32/h1-10,12H,11,13-16H2,(H,28,32)/t24-/m1/s1. The van der Waals surface area contributed by atoms with Crippen LogP contribution in [-0.2, 0) is 21.4 Å². The van der Waals surface area contributed by atoms with E-state index in [0.717, 1.165) is 16.8 Å². The van der Waals surface area contributed by atoms with Gasteiger partial charge in [0.1, 0.15) is 5.41 Å². The molecular weight excluding hydrogens is 404 g/mol. The summed E-state index contributed by atoms with van der Waals surface area (Å²) in [5.74, 6) is 0.664. The summed E-state index contributed by atoms with van der Waals surface area (Å²) in [5, 5.41) is 3.09. The lowest BCUT2D eigenvalue weighted by molar-refractivity contribution is -0.149. The minimum atomic E-state index is -0.742. The summed E-state index contributed by atoms with van der Waals surface area (Å²) >= 11 is 0. The molecule has 2 aromatic heterocycles.